The summed E-state index contributed by atoms with van der Waals surface area (Å²) in [5, 5.41) is 23.7. The number of hydrogen-bond donors (Lipinski definition) is 0. The number of fused-ring (bicyclic) bond motifs is 9. The summed E-state index contributed by atoms with van der Waals surface area (Å²) in [6.45, 7) is 1.96. The van der Waals surface area contributed by atoms with Gasteiger partial charge in [-0.25, -0.2) is 9.97 Å². The second-order valence-corrected chi connectivity index (χ2v) is 14.4. The Bertz CT molecular complexity index is 3430. The van der Waals surface area contributed by atoms with E-state index in [4.69, 9.17) is 9.47 Å². The summed E-state index contributed by atoms with van der Waals surface area (Å²) in [4.78, 5) is 9.32. The van der Waals surface area contributed by atoms with Gasteiger partial charge in [0.15, 0.2) is 5.82 Å². The second kappa shape index (κ2) is 16.3. The number of nitrogens with zero attached hydrogens (tertiary/aromatic N) is 9. The van der Waals surface area contributed by atoms with Crippen molar-refractivity contribution in [2.24, 2.45) is 0 Å². The van der Waals surface area contributed by atoms with Gasteiger partial charge in [0.25, 0.3) is 5.95 Å². The SMILES string of the molecule is CCc1nnc(-n2c3[c-]c(Oc4[c-]c5c(cc4)c4ccccc4n5-c4ccccn4)ccc3c3ccc(Oc4[c-]c5c(cc4)c4ccccc4n5-c4ccccn4)[c-]c32)nn1.[Pt+2].[Pt+2]. The van der Waals surface area contributed by atoms with Gasteiger partial charge in [0.2, 0.25) is 0 Å². The standard InChI is InChI=1S/C50H29N9O2.2Pt/c1-2-47-53-55-50(56-54-47)59-45-29-33(60-31-17-21-37-35-11-3-5-13-41(35)57(43(37)27-31)48-15-7-9-25-51-48)19-23-39(45)40-24-20-34(30-46(40)59)61-32-18-22-38-36-12-4-6-14-42(36)58(44(38)28-32)49-16-8-10-26-52-49;;/h3-26H,2H2,1H3;;/q-4;2*+2. The molecule has 0 bridgehead atoms. The molecule has 6 aromatic carbocycles. The first-order chi connectivity index (χ1) is 30.2. The van der Waals surface area contributed by atoms with E-state index in [9.17, 15) is 0 Å². The van der Waals surface area contributed by atoms with Crippen molar-refractivity contribution in [3.8, 4) is 40.6 Å². The minimum absolute atomic E-state index is 0. The molecule has 6 heterocycles. The van der Waals surface area contributed by atoms with Crippen molar-refractivity contribution < 1.29 is 51.6 Å². The Morgan fingerprint density at radius 3 is 1.19 bits per heavy atom. The van der Waals surface area contributed by atoms with Gasteiger partial charge in [-0.2, -0.15) is 35.0 Å². The van der Waals surface area contributed by atoms with Crippen LogP contribution in [0.4, 0.5) is 0 Å². The molecule has 6 aromatic heterocycles. The van der Waals surface area contributed by atoms with Crippen LogP contribution >= 0.6 is 0 Å². The number of benzene rings is 6. The number of para-hydroxylation sites is 2. The molecule has 0 saturated carbocycles. The average Bonchev–Trinajstić information content (AvgIpc) is 3.94. The molecule has 306 valence electrons. The fourth-order valence-electron chi connectivity index (χ4n) is 8.17. The smallest absolute Gasteiger partial charge is 0.509 e. The van der Waals surface area contributed by atoms with E-state index in [1.165, 1.54) is 0 Å². The van der Waals surface area contributed by atoms with Crippen LogP contribution in [0.3, 0.4) is 0 Å². The van der Waals surface area contributed by atoms with Gasteiger partial charge >= 0.3 is 42.1 Å². The van der Waals surface area contributed by atoms with Gasteiger partial charge in [0.05, 0.1) is 0 Å². The van der Waals surface area contributed by atoms with Crippen LogP contribution < -0.4 is 9.47 Å². The molecule has 63 heavy (non-hydrogen) atoms. The van der Waals surface area contributed by atoms with Crippen molar-refractivity contribution in [2.75, 3.05) is 0 Å². The van der Waals surface area contributed by atoms with Gasteiger partial charge in [0.1, 0.15) is 11.6 Å². The van der Waals surface area contributed by atoms with Crippen molar-refractivity contribution in [2.45, 2.75) is 13.3 Å². The van der Waals surface area contributed by atoms with Crippen LogP contribution in [0, 0.1) is 24.3 Å². The normalized spacial score (nSPS) is 11.4. The molecular weight excluding hydrogens is 1150 g/mol. The Hall–Kier alpha value is -7.06. The molecular formula is C50H29N9O2Pt2. The summed E-state index contributed by atoms with van der Waals surface area (Å²) < 4.78 is 19.1. The molecule has 13 heteroatoms. The largest absolute Gasteiger partial charge is 2.00 e. The zero-order chi connectivity index (χ0) is 40.4. The second-order valence-electron chi connectivity index (χ2n) is 14.4. The third-order valence-corrected chi connectivity index (χ3v) is 10.9. The molecule has 0 fully saturated rings. The first-order valence-electron chi connectivity index (χ1n) is 19.8. The third kappa shape index (κ3) is 6.76. The molecule has 0 spiro atoms. The minimum atomic E-state index is 0. The van der Waals surface area contributed by atoms with Crippen LogP contribution in [-0.4, -0.2) is 44.1 Å². The number of ether oxygens (including phenoxy) is 2. The maximum atomic E-state index is 6.53. The van der Waals surface area contributed by atoms with E-state index in [0.29, 0.717) is 46.3 Å². The minimum Gasteiger partial charge on any atom is -0.509 e. The molecule has 0 unspecified atom stereocenters. The van der Waals surface area contributed by atoms with Gasteiger partial charge in [-0.3, -0.25) is 0 Å². The Morgan fingerprint density at radius 2 is 0.794 bits per heavy atom. The molecule has 0 atom stereocenters. The Kier molecular flexibility index (Phi) is 10.4. The Morgan fingerprint density at radius 1 is 0.413 bits per heavy atom. The van der Waals surface area contributed by atoms with E-state index in [2.05, 4.69) is 100 Å². The van der Waals surface area contributed by atoms with Crippen molar-refractivity contribution in [1.82, 2.24) is 44.1 Å². The Labute approximate surface area is 388 Å². The van der Waals surface area contributed by atoms with Crippen molar-refractivity contribution in [1.29, 1.82) is 0 Å². The molecule has 0 aliphatic carbocycles. The van der Waals surface area contributed by atoms with E-state index in [1.54, 1.807) is 12.4 Å². The quantitative estimate of drug-likeness (QED) is 0.138. The molecule has 12 aromatic rings. The van der Waals surface area contributed by atoms with E-state index in [-0.39, 0.29) is 48.1 Å². The molecule has 0 N–H and O–H groups in total. The summed E-state index contributed by atoms with van der Waals surface area (Å²) in [6.07, 6.45) is 4.18. The number of aromatic nitrogens is 9. The summed E-state index contributed by atoms with van der Waals surface area (Å²) >= 11 is 0. The van der Waals surface area contributed by atoms with E-state index in [0.717, 1.165) is 66.0 Å². The van der Waals surface area contributed by atoms with Gasteiger partial charge in [-0.15, -0.1) is 79.7 Å². The van der Waals surface area contributed by atoms with Crippen LogP contribution in [0.25, 0.3) is 83.0 Å². The average molecular weight is 1180 g/mol. The van der Waals surface area contributed by atoms with Crippen LogP contribution in [-0.2, 0) is 48.6 Å². The molecule has 0 saturated heterocycles. The first kappa shape index (κ1) is 40.0. The van der Waals surface area contributed by atoms with Gasteiger partial charge in [0, 0.05) is 52.8 Å². The summed E-state index contributed by atoms with van der Waals surface area (Å²) in [5.41, 5.74) is 5.08. The van der Waals surface area contributed by atoms with Gasteiger partial charge < -0.3 is 23.2 Å². The van der Waals surface area contributed by atoms with E-state index < -0.39 is 0 Å². The number of pyridine rings is 2. The zero-order valence-electron chi connectivity index (χ0n) is 33.0. The molecule has 11 nitrogen and oxygen atoms in total. The predicted molar refractivity (Wildman–Crippen MR) is 234 cm³/mol. The maximum Gasteiger partial charge on any atom is 2.00 e. The van der Waals surface area contributed by atoms with Crippen LogP contribution in [0.2, 0.25) is 0 Å². The molecule has 0 aliphatic heterocycles. The molecule has 0 radical (unpaired) electrons. The first-order valence-corrected chi connectivity index (χ1v) is 19.8. The number of hydrogen-bond acceptors (Lipinski definition) is 8. The number of rotatable bonds is 8. The van der Waals surface area contributed by atoms with Crippen molar-refractivity contribution >= 4 is 65.4 Å². The Balaban J connectivity index is 0.00000236. The number of aryl methyl sites for hydroxylation is 1. The fourth-order valence-corrected chi connectivity index (χ4v) is 8.17. The summed E-state index contributed by atoms with van der Waals surface area (Å²) in [5.74, 6) is 4.38. The zero-order valence-corrected chi connectivity index (χ0v) is 37.6. The van der Waals surface area contributed by atoms with E-state index >= 15 is 0 Å². The monoisotopic (exact) mass is 1180 g/mol. The molecule has 0 amide bonds. The van der Waals surface area contributed by atoms with Crippen molar-refractivity contribution in [3.05, 3.63) is 176 Å². The predicted octanol–water partition coefficient (Wildman–Crippen LogP) is 10.7. The van der Waals surface area contributed by atoms with E-state index in [1.807, 2.05) is 109 Å². The van der Waals surface area contributed by atoms with Gasteiger partial charge in [-0.1, -0.05) is 77.5 Å². The summed E-state index contributed by atoms with van der Waals surface area (Å²) in [6, 6.07) is 58.1. The van der Waals surface area contributed by atoms with Gasteiger partial charge in [-0.05, 0) is 47.2 Å². The maximum absolute atomic E-state index is 6.53. The molecule has 12 rings (SSSR count). The van der Waals surface area contributed by atoms with Crippen molar-refractivity contribution in [3.63, 3.8) is 0 Å². The third-order valence-electron chi connectivity index (χ3n) is 10.9. The summed E-state index contributed by atoms with van der Waals surface area (Å²) in [7, 11) is 0. The topological polar surface area (TPSA) is 111 Å². The van der Waals surface area contributed by atoms with Crippen LogP contribution in [0.1, 0.15) is 12.7 Å². The molecule has 0 aliphatic rings. The van der Waals surface area contributed by atoms with Crippen LogP contribution in [0.15, 0.2) is 146 Å². The van der Waals surface area contributed by atoms with Crippen LogP contribution in [0.5, 0.6) is 23.0 Å². The fraction of sp³-hybridized carbons (Fsp3) is 0.0400.